The van der Waals surface area contributed by atoms with E-state index >= 15 is 0 Å². The molecule has 0 saturated carbocycles. The largest absolute Gasteiger partial charge is 0.354 e. The van der Waals surface area contributed by atoms with Crippen molar-refractivity contribution in [1.29, 1.82) is 0 Å². The highest BCUT2D eigenvalue weighted by atomic mass is 16.2. The van der Waals surface area contributed by atoms with Gasteiger partial charge in [0.05, 0.1) is 13.0 Å². The molecule has 0 unspecified atom stereocenters. The maximum atomic E-state index is 11.8. The summed E-state index contributed by atoms with van der Waals surface area (Å²) in [6.07, 6.45) is 0.292. The highest BCUT2D eigenvalue weighted by molar-refractivity contribution is 5.92. The van der Waals surface area contributed by atoms with Gasteiger partial charge in [0.25, 0.3) is 0 Å². The van der Waals surface area contributed by atoms with Gasteiger partial charge in [-0.1, -0.05) is 26.0 Å². The average Bonchev–Trinajstić information content (AvgIpc) is 2.52. The standard InChI is InChI=1S/C18H28N4O3/c1-12(2)10-19-17(24)11-20-18(25)22-15-7-5-14(6-8-15)9-16(23)21-13(3)4/h5-8,12-13H,9-11H2,1-4H3,(H,19,24)(H,21,23)(H2,20,22,25). The summed E-state index contributed by atoms with van der Waals surface area (Å²) >= 11 is 0. The van der Waals surface area contributed by atoms with Gasteiger partial charge in [-0.2, -0.15) is 0 Å². The Hall–Kier alpha value is -2.57. The van der Waals surface area contributed by atoms with Crippen molar-refractivity contribution in [3.8, 4) is 0 Å². The summed E-state index contributed by atoms with van der Waals surface area (Å²) in [6.45, 7) is 8.31. The molecule has 0 bridgehead atoms. The fourth-order valence-corrected chi connectivity index (χ4v) is 1.98. The van der Waals surface area contributed by atoms with Crippen molar-refractivity contribution in [1.82, 2.24) is 16.0 Å². The van der Waals surface area contributed by atoms with Crippen LogP contribution in [0, 0.1) is 5.92 Å². The molecule has 138 valence electrons. The number of nitrogens with one attached hydrogen (secondary N) is 4. The molecule has 4 N–H and O–H groups in total. The quantitative estimate of drug-likeness (QED) is 0.575. The van der Waals surface area contributed by atoms with E-state index in [-0.39, 0.29) is 24.4 Å². The average molecular weight is 348 g/mol. The Kier molecular flexibility index (Phi) is 8.46. The third-order valence-electron chi connectivity index (χ3n) is 3.14. The topological polar surface area (TPSA) is 99.3 Å². The zero-order valence-electron chi connectivity index (χ0n) is 15.3. The van der Waals surface area contributed by atoms with Crippen LogP contribution in [0.5, 0.6) is 0 Å². The van der Waals surface area contributed by atoms with Crippen molar-refractivity contribution < 1.29 is 14.4 Å². The molecule has 0 aromatic heterocycles. The maximum Gasteiger partial charge on any atom is 0.319 e. The molecule has 25 heavy (non-hydrogen) atoms. The smallest absolute Gasteiger partial charge is 0.319 e. The lowest BCUT2D eigenvalue weighted by Gasteiger charge is -2.10. The Morgan fingerprint density at radius 3 is 2.12 bits per heavy atom. The van der Waals surface area contributed by atoms with E-state index in [4.69, 9.17) is 0 Å². The third-order valence-corrected chi connectivity index (χ3v) is 3.14. The van der Waals surface area contributed by atoms with E-state index in [0.717, 1.165) is 5.56 Å². The van der Waals surface area contributed by atoms with E-state index in [1.807, 2.05) is 27.7 Å². The number of carbonyl (C=O) groups excluding carboxylic acids is 3. The first kappa shape index (κ1) is 20.5. The summed E-state index contributed by atoms with van der Waals surface area (Å²) in [5.74, 6) is 0.0927. The lowest BCUT2D eigenvalue weighted by molar-refractivity contribution is -0.121. The second-order valence-electron chi connectivity index (χ2n) is 6.60. The minimum absolute atomic E-state index is 0.0409. The van der Waals surface area contributed by atoms with Gasteiger partial charge in [0.1, 0.15) is 0 Å². The predicted octanol–water partition coefficient (Wildman–Crippen LogP) is 1.65. The van der Waals surface area contributed by atoms with Gasteiger partial charge in [-0.05, 0) is 37.5 Å². The summed E-state index contributed by atoms with van der Waals surface area (Å²) in [4.78, 5) is 35.0. The first-order valence-electron chi connectivity index (χ1n) is 8.46. The summed E-state index contributed by atoms with van der Waals surface area (Å²) in [5.41, 5.74) is 1.45. The van der Waals surface area contributed by atoms with E-state index in [2.05, 4.69) is 21.3 Å². The number of rotatable bonds is 8. The molecule has 0 aliphatic rings. The predicted molar refractivity (Wildman–Crippen MR) is 98.3 cm³/mol. The van der Waals surface area contributed by atoms with E-state index < -0.39 is 6.03 Å². The highest BCUT2D eigenvalue weighted by Gasteiger charge is 2.07. The number of benzene rings is 1. The molecule has 0 atom stereocenters. The molecule has 0 heterocycles. The summed E-state index contributed by atoms with van der Waals surface area (Å²) in [6, 6.07) is 6.66. The second-order valence-corrected chi connectivity index (χ2v) is 6.60. The van der Waals surface area contributed by atoms with Gasteiger partial charge >= 0.3 is 6.03 Å². The molecule has 0 fully saturated rings. The normalized spacial score (nSPS) is 10.5. The van der Waals surface area contributed by atoms with Gasteiger partial charge in [0.15, 0.2) is 0 Å². The summed E-state index contributed by atoms with van der Waals surface area (Å²) in [7, 11) is 0. The third kappa shape index (κ3) is 9.34. The number of hydrogen-bond donors (Lipinski definition) is 4. The number of urea groups is 1. The van der Waals surface area contributed by atoms with E-state index in [0.29, 0.717) is 24.6 Å². The Balaban J connectivity index is 2.38. The van der Waals surface area contributed by atoms with E-state index in [9.17, 15) is 14.4 Å². The Bertz CT molecular complexity index is 582. The van der Waals surface area contributed by atoms with Crippen molar-refractivity contribution in [2.45, 2.75) is 40.2 Å². The Morgan fingerprint density at radius 2 is 1.56 bits per heavy atom. The van der Waals surface area contributed by atoms with Crippen molar-refractivity contribution in [3.63, 3.8) is 0 Å². The van der Waals surface area contributed by atoms with Crippen LogP contribution in [-0.4, -0.2) is 37.0 Å². The fourth-order valence-electron chi connectivity index (χ4n) is 1.98. The van der Waals surface area contributed by atoms with E-state index in [1.165, 1.54) is 0 Å². The van der Waals surface area contributed by atoms with Crippen LogP contribution in [0.4, 0.5) is 10.5 Å². The van der Waals surface area contributed by atoms with Crippen LogP contribution < -0.4 is 21.3 Å². The number of carbonyl (C=O) groups is 3. The molecular formula is C18H28N4O3. The SMILES string of the molecule is CC(C)CNC(=O)CNC(=O)Nc1ccc(CC(=O)NC(C)C)cc1. The van der Waals surface area contributed by atoms with Crippen molar-refractivity contribution in [2.24, 2.45) is 5.92 Å². The molecule has 7 heteroatoms. The summed E-state index contributed by atoms with van der Waals surface area (Å²) in [5, 5.41) is 10.7. The molecule has 0 saturated heterocycles. The maximum absolute atomic E-state index is 11.8. The summed E-state index contributed by atoms with van der Waals surface area (Å²) < 4.78 is 0. The monoisotopic (exact) mass is 348 g/mol. The van der Waals surface area contributed by atoms with Gasteiger partial charge in [0, 0.05) is 18.3 Å². The van der Waals surface area contributed by atoms with Gasteiger partial charge in [-0.3, -0.25) is 9.59 Å². The van der Waals surface area contributed by atoms with Crippen molar-refractivity contribution in [3.05, 3.63) is 29.8 Å². The molecule has 1 aromatic rings. The molecular weight excluding hydrogens is 320 g/mol. The van der Waals surface area contributed by atoms with Crippen molar-refractivity contribution >= 4 is 23.5 Å². The van der Waals surface area contributed by atoms with Crippen LogP contribution >= 0.6 is 0 Å². The minimum atomic E-state index is -0.454. The minimum Gasteiger partial charge on any atom is -0.354 e. The van der Waals surface area contributed by atoms with Crippen LogP contribution in [0.1, 0.15) is 33.3 Å². The van der Waals surface area contributed by atoms with Gasteiger partial charge in [-0.15, -0.1) is 0 Å². The van der Waals surface area contributed by atoms with Crippen LogP contribution in [0.15, 0.2) is 24.3 Å². The number of anilines is 1. The van der Waals surface area contributed by atoms with Crippen LogP contribution in [0.25, 0.3) is 0 Å². The molecule has 7 nitrogen and oxygen atoms in total. The number of amides is 4. The second kappa shape index (κ2) is 10.3. The van der Waals surface area contributed by atoms with Crippen LogP contribution in [0.3, 0.4) is 0 Å². The molecule has 0 spiro atoms. The molecule has 0 radical (unpaired) electrons. The van der Waals surface area contributed by atoms with Crippen LogP contribution in [0.2, 0.25) is 0 Å². The fraction of sp³-hybridized carbons (Fsp3) is 0.500. The molecule has 0 aliphatic heterocycles. The lowest BCUT2D eigenvalue weighted by Crippen LogP contribution is -2.40. The van der Waals surface area contributed by atoms with Gasteiger partial charge < -0.3 is 21.3 Å². The Morgan fingerprint density at radius 1 is 0.920 bits per heavy atom. The molecule has 0 aliphatic carbocycles. The first-order valence-corrected chi connectivity index (χ1v) is 8.46. The molecule has 1 rings (SSSR count). The van der Waals surface area contributed by atoms with Gasteiger partial charge in [-0.25, -0.2) is 4.79 Å². The lowest BCUT2D eigenvalue weighted by atomic mass is 10.1. The van der Waals surface area contributed by atoms with Gasteiger partial charge in [0.2, 0.25) is 11.8 Å². The van der Waals surface area contributed by atoms with E-state index in [1.54, 1.807) is 24.3 Å². The first-order chi connectivity index (χ1) is 11.8. The van der Waals surface area contributed by atoms with Crippen LogP contribution in [-0.2, 0) is 16.0 Å². The molecule has 1 aromatic carbocycles. The zero-order valence-corrected chi connectivity index (χ0v) is 15.3. The zero-order chi connectivity index (χ0) is 18.8. The van der Waals surface area contributed by atoms with Crippen molar-refractivity contribution in [2.75, 3.05) is 18.4 Å². The number of hydrogen-bond acceptors (Lipinski definition) is 3. The highest BCUT2D eigenvalue weighted by Crippen LogP contribution is 2.10. The Labute approximate surface area is 148 Å². The molecule has 4 amide bonds.